The van der Waals surface area contributed by atoms with Crippen LogP contribution in [0.25, 0.3) is 0 Å². The quantitative estimate of drug-likeness (QED) is 0.721. The number of rotatable bonds is 2. The van der Waals surface area contributed by atoms with Gasteiger partial charge in [-0.3, -0.25) is 0 Å². The number of halogens is 2. The Balaban J connectivity index is 0.000000810. The molecule has 0 saturated heterocycles. The Morgan fingerprint density at radius 3 is 2.20 bits per heavy atom. The lowest BCUT2D eigenvalue weighted by molar-refractivity contribution is 1.17. The highest BCUT2D eigenvalue weighted by Gasteiger charge is 1.85. The van der Waals surface area contributed by atoms with Crippen LogP contribution in [-0.4, -0.2) is 5.33 Å². The average molecular weight is 266 g/mol. The average Bonchev–Trinajstić information content (AvgIpc) is 1.91. The minimum atomic E-state index is 0. The molecule has 0 amide bonds. The molecule has 2 heteroatoms. The predicted octanol–water partition coefficient (Wildman–Crippen LogP) is 3.20. The smallest absolute Gasteiger partial charge is 0.00718 e. The van der Waals surface area contributed by atoms with E-state index < -0.39 is 0 Å². The molecule has 0 spiro atoms. The predicted molar refractivity (Wildman–Crippen MR) is 54.3 cm³/mol. The zero-order chi connectivity index (χ0) is 6.53. The van der Waals surface area contributed by atoms with Crippen molar-refractivity contribution in [2.45, 2.75) is 6.42 Å². The van der Waals surface area contributed by atoms with Crippen molar-refractivity contribution >= 4 is 32.9 Å². The van der Waals surface area contributed by atoms with Gasteiger partial charge in [0.05, 0.1) is 0 Å². The van der Waals surface area contributed by atoms with Gasteiger partial charge in [0.15, 0.2) is 0 Å². The molecule has 0 heterocycles. The Morgan fingerprint density at radius 2 is 1.70 bits per heavy atom. The van der Waals surface area contributed by atoms with E-state index >= 15 is 0 Å². The van der Waals surface area contributed by atoms with E-state index in [1.54, 1.807) is 0 Å². The molecule has 0 aliphatic carbocycles. The maximum Gasteiger partial charge on any atom is 0.00718 e. The number of hydrogen-bond acceptors (Lipinski definition) is 0. The van der Waals surface area contributed by atoms with Crippen molar-refractivity contribution in [1.82, 2.24) is 0 Å². The summed E-state index contributed by atoms with van der Waals surface area (Å²) in [5, 5.41) is 1.05. The highest BCUT2D eigenvalue weighted by molar-refractivity contribution is 9.09. The number of hydrogen-bond donors (Lipinski definition) is 0. The summed E-state index contributed by atoms with van der Waals surface area (Å²) in [6.07, 6.45) is 1.13. The Morgan fingerprint density at radius 1 is 1.10 bits per heavy atom. The van der Waals surface area contributed by atoms with Gasteiger partial charge in [-0.15, -0.1) is 17.0 Å². The van der Waals surface area contributed by atoms with Crippen LogP contribution >= 0.6 is 32.9 Å². The molecular formula is C8H10Br2. The minimum Gasteiger partial charge on any atom is -0.114 e. The van der Waals surface area contributed by atoms with Crippen molar-refractivity contribution in [3.8, 4) is 0 Å². The summed E-state index contributed by atoms with van der Waals surface area (Å²) in [6, 6.07) is 10.5. The second-order valence-electron chi connectivity index (χ2n) is 1.92. The van der Waals surface area contributed by atoms with E-state index in [9.17, 15) is 0 Å². The van der Waals surface area contributed by atoms with Gasteiger partial charge in [0.2, 0.25) is 0 Å². The van der Waals surface area contributed by atoms with Crippen LogP contribution in [0.2, 0.25) is 0 Å². The molecule has 0 fully saturated rings. The van der Waals surface area contributed by atoms with Crippen LogP contribution in [0.3, 0.4) is 0 Å². The Labute approximate surface area is 80.5 Å². The van der Waals surface area contributed by atoms with Crippen LogP contribution in [0, 0.1) is 0 Å². The molecule has 0 aliphatic rings. The zero-order valence-electron chi connectivity index (χ0n) is 5.59. The van der Waals surface area contributed by atoms with Crippen LogP contribution in [0.4, 0.5) is 0 Å². The minimum absolute atomic E-state index is 0. The van der Waals surface area contributed by atoms with E-state index in [0.29, 0.717) is 0 Å². The first-order valence-electron chi connectivity index (χ1n) is 3.03. The number of aryl methyl sites for hydroxylation is 1. The monoisotopic (exact) mass is 264 g/mol. The van der Waals surface area contributed by atoms with Crippen LogP contribution in [0.15, 0.2) is 30.3 Å². The van der Waals surface area contributed by atoms with E-state index in [1.807, 2.05) is 6.07 Å². The molecule has 0 bridgehead atoms. The summed E-state index contributed by atoms with van der Waals surface area (Å²) in [4.78, 5) is 0. The van der Waals surface area contributed by atoms with E-state index in [0.717, 1.165) is 11.8 Å². The summed E-state index contributed by atoms with van der Waals surface area (Å²) in [5.41, 5.74) is 1.40. The van der Waals surface area contributed by atoms with Crippen LogP contribution in [0.1, 0.15) is 5.56 Å². The van der Waals surface area contributed by atoms with Crippen molar-refractivity contribution < 1.29 is 0 Å². The molecule has 0 nitrogen and oxygen atoms in total. The lowest BCUT2D eigenvalue weighted by Gasteiger charge is -1.92. The fraction of sp³-hybridized carbons (Fsp3) is 0.250. The van der Waals surface area contributed by atoms with Gasteiger partial charge in [-0.1, -0.05) is 46.3 Å². The second-order valence-corrected chi connectivity index (χ2v) is 2.72. The van der Waals surface area contributed by atoms with Gasteiger partial charge < -0.3 is 0 Å². The first kappa shape index (κ1) is 10.2. The third-order valence-corrected chi connectivity index (χ3v) is 1.62. The van der Waals surface area contributed by atoms with Crippen LogP contribution in [0.5, 0.6) is 0 Å². The zero-order valence-corrected chi connectivity index (χ0v) is 8.89. The normalized spacial score (nSPS) is 8.50. The van der Waals surface area contributed by atoms with E-state index in [4.69, 9.17) is 0 Å². The van der Waals surface area contributed by atoms with Gasteiger partial charge >= 0.3 is 0 Å². The van der Waals surface area contributed by atoms with Gasteiger partial charge in [-0.2, -0.15) is 0 Å². The highest BCUT2D eigenvalue weighted by atomic mass is 79.9. The third-order valence-electron chi connectivity index (χ3n) is 1.23. The molecule has 1 rings (SSSR count). The Hall–Kier alpha value is 0.180. The van der Waals surface area contributed by atoms with Crippen molar-refractivity contribution in [2.75, 3.05) is 5.33 Å². The maximum absolute atomic E-state index is 3.39. The van der Waals surface area contributed by atoms with Crippen molar-refractivity contribution in [2.24, 2.45) is 0 Å². The molecule has 1 aromatic rings. The van der Waals surface area contributed by atoms with Crippen LogP contribution in [-0.2, 0) is 6.42 Å². The molecule has 0 saturated carbocycles. The lowest BCUT2D eigenvalue weighted by atomic mass is 10.2. The fourth-order valence-electron chi connectivity index (χ4n) is 0.754. The Bertz CT molecular complexity index is 160. The number of alkyl halides is 1. The molecule has 1 aromatic carbocycles. The van der Waals surface area contributed by atoms with Gasteiger partial charge in [-0.25, -0.2) is 0 Å². The van der Waals surface area contributed by atoms with Crippen molar-refractivity contribution in [3.05, 3.63) is 35.9 Å². The van der Waals surface area contributed by atoms with Gasteiger partial charge in [0.1, 0.15) is 0 Å². The summed E-state index contributed by atoms with van der Waals surface area (Å²) in [5.74, 6) is 0. The summed E-state index contributed by atoms with van der Waals surface area (Å²) in [7, 11) is 0. The topological polar surface area (TPSA) is 0 Å². The SMILES string of the molecule is Br.BrCCc1ccccc1. The highest BCUT2D eigenvalue weighted by Crippen LogP contribution is 2.00. The Kier molecular flexibility index (Phi) is 6.03. The molecule has 0 unspecified atom stereocenters. The van der Waals surface area contributed by atoms with Crippen molar-refractivity contribution in [1.29, 1.82) is 0 Å². The summed E-state index contributed by atoms with van der Waals surface area (Å²) >= 11 is 3.39. The summed E-state index contributed by atoms with van der Waals surface area (Å²) in [6.45, 7) is 0. The summed E-state index contributed by atoms with van der Waals surface area (Å²) < 4.78 is 0. The first-order valence-corrected chi connectivity index (χ1v) is 4.15. The molecule has 10 heavy (non-hydrogen) atoms. The van der Waals surface area contributed by atoms with E-state index in [1.165, 1.54) is 5.56 Å². The van der Waals surface area contributed by atoms with Gasteiger partial charge in [-0.05, 0) is 12.0 Å². The first-order chi connectivity index (χ1) is 4.43. The van der Waals surface area contributed by atoms with Crippen molar-refractivity contribution in [3.63, 3.8) is 0 Å². The molecule has 0 aromatic heterocycles. The molecule has 0 N–H and O–H groups in total. The molecule has 56 valence electrons. The van der Waals surface area contributed by atoms with Crippen LogP contribution < -0.4 is 0 Å². The lowest BCUT2D eigenvalue weighted by Crippen LogP contribution is -1.82. The standard InChI is InChI=1S/C8H9Br.BrH/c9-7-6-8-4-2-1-3-5-8;/h1-5H,6-7H2;1H. The maximum atomic E-state index is 3.39. The van der Waals surface area contributed by atoms with E-state index in [2.05, 4.69) is 40.2 Å². The second kappa shape index (κ2) is 5.93. The largest absolute Gasteiger partial charge is 0.114 e. The van der Waals surface area contributed by atoms with E-state index in [-0.39, 0.29) is 17.0 Å². The third kappa shape index (κ3) is 3.37. The molecule has 0 atom stereocenters. The van der Waals surface area contributed by atoms with Gasteiger partial charge in [0, 0.05) is 5.33 Å². The van der Waals surface area contributed by atoms with Gasteiger partial charge in [0.25, 0.3) is 0 Å². The molecular weight excluding hydrogens is 256 g/mol. The molecule has 0 radical (unpaired) electrons. The molecule has 0 aliphatic heterocycles. The fourth-order valence-corrected chi connectivity index (χ4v) is 1.21. The number of benzene rings is 1.